The first kappa shape index (κ1) is 12.2. The van der Waals surface area contributed by atoms with Crippen LogP contribution in [0.1, 0.15) is 12.5 Å². The van der Waals surface area contributed by atoms with Crippen molar-refractivity contribution in [1.29, 1.82) is 0 Å². The molecule has 2 aromatic carbocycles. The minimum atomic E-state index is 0.960. The molecule has 0 spiro atoms. The molecule has 0 bridgehead atoms. The maximum atomic E-state index is 3.52. The van der Waals surface area contributed by atoms with Crippen molar-refractivity contribution in [2.24, 2.45) is 0 Å². The van der Waals surface area contributed by atoms with Gasteiger partial charge >= 0.3 is 0 Å². The van der Waals surface area contributed by atoms with Crippen molar-refractivity contribution in [3.63, 3.8) is 0 Å². The lowest BCUT2D eigenvalue weighted by molar-refractivity contribution is 1.01. The summed E-state index contributed by atoms with van der Waals surface area (Å²) in [7, 11) is 0. The Bertz CT molecular complexity index is 508. The second-order valence-electron chi connectivity index (χ2n) is 4.01. The van der Waals surface area contributed by atoms with E-state index in [1.165, 1.54) is 16.9 Å². The van der Waals surface area contributed by atoms with Crippen LogP contribution in [0.15, 0.2) is 53.0 Å². The normalized spacial score (nSPS) is 10.3. The van der Waals surface area contributed by atoms with Gasteiger partial charge in [-0.15, -0.1) is 0 Å². The van der Waals surface area contributed by atoms with Gasteiger partial charge in [0.2, 0.25) is 0 Å². The van der Waals surface area contributed by atoms with Crippen molar-refractivity contribution in [3.05, 3.63) is 58.6 Å². The molecular formula is C15H16BrN. The summed E-state index contributed by atoms with van der Waals surface area (Å²) in [4.78, 5) is 2.32. The van der Waals surface area contributed by atoms with Crippen LogP contribution in [0.4, 0.5) is 11.4 Å². The molecule has 0 aliphatic carbocycles. The van der Waals surface area contributed by atoms with E-state index >= 15 is 0 Å². The summed E-state index contributed by atoms with van der Waals surface area (Å²) in [5.74, 6) is 0. The van der Waals surface area contributed by atoms with E-state index in [0.29, 0.717) is 0 Å². The Labute approximate surface area is 111 Å². The van der Waals surface area contributed by atoms with Crippen LogP contribution in [0.2, 0.25) is 0 Å². The van der Waals surface area contributed by atoms with Crippen LogP contribution in [0.25, 0.3) is 0 Å². The number of halogens is 1. The Morgan fingerprint density at radius 3 is 2.47 bits per heavy atom. The molecule has 0 saturated heterocycles. The van der Waals surface area contributed by atoms with Gasteiger partial charge in [0, 0.05) is 22.4 Å². The summed E-state index contributed by atoms with van der Waals surface area (Å²) < 4.78 is 1.11. The van der Waals surface area contributed by atoms with Crippen molar-refractivity contribution in [2.75, 3.05) is 11.4 Å². The van der Waals surface area contributed by atoms with Gasteiger partial charge in [0.15, 0.2) is 0 Å². The minimum absolute atomic E-state index is 0.960. The summed E-state index contributed by atoms with van der Waals surface area (Å²) in [5, 5.41) is 0. The van der Waals surface area contributed by atoms with Crippen LogP contribution in [0, 0.1) is 6.92 Å². The Kier molecular flexibility index (Phi) is 3.85. The Morgan fingerprint density at radius 1 is 1.06 bits per heavy atom. The zero-order chi connectivity index (χ0) is 12.3. The standard InChI is InChI=1S/C15H16BrN/c1-3-17(14-9-6-8-13(16)11-14)15-10-5-4-7-12(15)2/h4-11H,3H2,1-2H3. The van der Waals surface area contributed by atoms with Crippen LogP contribution in [-0.2, 0) is 0 Å². The van der Waals surface area contributed by atoms with Crippen molar-refractivity contribution < 1.29 is 0 Å². The molecule has 0 aliphatic heterocycles. The first-order valence-electron chi connectivity index (χ1n) is 5.81. The molecule has 0 fully saturated rings. The lowest BCUT2D eigenvalue weighted by Crippen LogP contribution is -2.16. The maximum absolute atomic E-state index is 3.52. The first-order chi connectivity index (χ1) is 8.22. The van der Waals surface area contributed by atoms with Crippen LogP contribution in [-0.4, -0.2) is 6.54 Å². The molecular weight excluding hydrogens is 274 g/mol. The van der Waals surface area contributed by atoms with E-state index in [0.717, 1.165) is 11.0 Å². The highest BCUT2D eigenvalue weighted by Crippen LogP contribution is 2.29. The number of hydrogen-bond donors (Lipinski definition) is 0. The van der Waals surface area contributed by atoms with Crippen molar-refractivity contribution in [3.8, 4) is 0 Å². The van der Waals surface area contributed by atoms with Gasteiger partial charge in [-0.1, -0.05) is 40.2 Å². The SMILES string of the molecule is CCN(c1cccc(Br)c1)c1ccccc1C. The number of rotatable bonds is 3. The molecule has 0 amide bonds. The van der Waals surface area contributed by atoms with E-state index in [9.17, 15) is 0 Å². The second-order valence-corrected chi connectivity index (χ2v) is 4.93. The Morgan fingerprint density at radius 2 is 1.82 bits per heavy atom. The fourth-order valence-electron chi connectivity index (χ4n) is 2.00. The van der Waals surface area contributed by atoms with Crippen molar-refractivity contribution >= 4 is 27.3 Å². The molecule has 0 aromatic heterocycles. The predicted molar refractivity (Wildman–Crippen MR) is 78.0 cm³/mol. The molecule has 0 unspecified atom stereocenters. The number of benzene rings is 2. The summed E-state index contributed by atoms with van der Waals surface area (Å²) in [6.07, 6.45) is 0. The fraction of sp³-hybridized carbons (Fsp3) is 0.200. The smallest absolute Gasteiger partial charge is 0.0440 e. The molecule has 0 N–H and O–H groups in total. The number of anilines is 2. The molecule has 17 heavy (non-hydrogen) atoms. The van der Waals surface area contributed by atoms with Gasteiger partial charge in [0.05, 0.1) is 0 Å². The summed E-state index contributed by atoms with van der Waals surface area (Å²) in [5.41, 5.74) is 3.79. The second kappa shape index (κ2) is 5.37. The third kappa shape index (κ3) is 2.70. The van der Waals surface area contributed by atoms with Gasteiger partial charge < -0.3 is 4.90 Å². The predicted octanol–water partition coefficient (Wildman–Crippen LogP) is 4.92. The summed E-state index contributed by atoms with van der Waals surface area (Å²) in [6, 6.07) is 16.9. The van der Waals surface area contributed by atoms with E-state index in [4.69, 9.17) is 0 Å². The third-order valence-corrected chi connectivity index (χ3v) is 3.34. The third-order valence-electron chi connectivity index (χ3n) is 2.84. The molecule has 1 nitrogen and oxygen atoms in total. The molecule has 88 valence electrons. The fourth-order valence-corrected chi connectivity index (χ4v) is 2.39. The van der Waals surface area contributed by atoms with Gasteiger partial charge in [-0.3, -0.25) is 0 Å². The summed E-state index contributed by atoms with van der Waals surface area (Å²) >= 11 is 3.52. The van der Waals surface area contributed by atoms with Crippen molar-refractivity contribution in [2.45, 2.75) is 13.8 Å². The minimum Gasteiger partial charge on any atom is -0.342 e. The Balaban J connectivity index is 2.44. The zero-order valence-electron chi connectivity index (χ0n) is 10.2. The largest absolute Gasteiger partial charge is 0.342 e. The molecule has 2 rings (SSSR count). The van der Waals surface area contributed by atoms with Crippen LogP contribution in [0.5, 0.6) is 0 Å². The lowest BCUT2D eigenvalue weighted by Gasteiger charge is -2.25. The highest BCUT2D eigenvalue weighted by atomic mass is 79.9. The molecule has 2 heteroatoms. The number of para-hydroxylation sites is 1. The molecule has 2 aromatic rings. The van der Waals surface area contributed by atoms with Crippen LogP contribution < -0.4 is 4.90 Å². The quantitative estimate of drug-likeness (QED) is 0.776. The molecule has 0 radical (unpaired) electrons. The van der Waals surface area contributed by atoms with E-state index in [2.05, 4.69) is 83.2 Å². The van der Waals surface area contributed by atoms with E-state index in [1.807, 2.05) is 0 Å². The van der Waals surface area contributed by atoms with Gasteiger partial charge in [0.25, 0.3) is 0 Å². The van der Waals surface area contributed by atoms with Gasteiger partial charge in [-0.05, 0) is 43.7 Å². The first-order valence-corrected chi connectivity index (χ1v) is 6.60. The number of nitrogens with zero attached hydrogens (tertiary/aromatic N) is 1. The topological polar surface area (TPSA) is 3.24 Å². The van der Waals surface area contributed by atoms with Gasteiger partial charge in [0.1, 0.15) is 0 Å². The highest BCUT2D eigenvalue weighted by molar-refractivity contribution is 9.10. The molecule has 0 aliphatic rings. The maximum Gasteiger partial charge on any atom is 0.0440 e. The summed E-state index contributed by atoms with van der Waals surface area (Å²) in [6.45, 7) is 5.28. The van der Waals surface area contributed by atoms with E-state index in [1.54, 1.807) is 0 Å². The van der Waals surface area contributed by atoms with E-state index in [-0.39, 0.29) is 0 Å². The molecule has 0 heterocycles. The van der Waals surface area contributed by atoms with Crippen LogP contribution in [0.3, 0.4) is 0 Å². The number of aryl methyl sites for hydroxylation is 1. The zero-order valence-corrected chi connectivity index (χ0v) is 11.7. The van der Waals surface area contributed by atoms with Gasteiger partial charge in [-0.2, -0.15) is 0 Å². The van der Waals surface area contributed by atoms with Crippen LogP contribution >= 0.6 is 15.9 Å². The Hall–Kier alpha value is -1.28. The van der Waals surface area contributed by atoms with Gasteiger partial charge in [-0.25, -0.2) is 0 Å². The molecule has 0 saturated carbocycles. The average Bonchev–Trinajstić information content (AvgIpc) is 2.33. The molecule has 0 atom stereocenters. The average molecular weight is 290 g/mol. The number of hydrogen-bond acceptors (Lipinski definition) is 1. The van der Waals surface area contributed by atoms with E-state index < -0.39 is 0 Å². The highest BCUT2D eigenvalue weighted by Gasteiger charge is 2.09. The van der Waals surface area contributed by atoms with Crippen molar-refractivity contribution in [1.82, 2.24) is 0 Å². The monoisotopic (exact) mass is 289 g/mol. The lowest BCUT2D eigenvalue weighted by atomic mass is 10.1.